The molecule has 0 spiro atoms. The van der Waals surface area contributed by atoms with Gasteiger partial charge in [-0.05, 0) is 56.9 Å². The van der Waals surface area contributed by atoms with Crippen LogP contribution < -0.4 is 4.74 Å². The Morgan fingerprint density at radius 3 is 2.83 bits per heavy atom. The minimum absolute atomic E-state index is 0.0720. The van der Waals surface area contributed by atoms with Gasteiger partial charge < -0.3 is 9.64 Å². The van der Waals surface area contributed by atoms with Gasteiger partial charge in [-0.1, -0.05) is 23.4 Å². The lowest BCUT2D eigenvalue weighted by Crippen LogP contribution is -2.44. The van der Waals surface area contributed by atoms with Gasteiger partial charge in [0.25, 0.3) is 5.91 Å². The van der Waals surface area contributed by atoms with E-state index in [2.05, 4.69) is 15.3 Å². The molecule has 1 aliphatic heterocycles. The van der Waals surface area contributed by atoms with Crippen molar-refractivity contribution in [3.63, 3.8) is 0 Å². The number of rotatable bonds is 7. The van der Waals surface area contributed by atoms with E-state index in [9.17, 15) is 4.79 Å². The van der Waals surface area contributed by atoms with E-state index in [1.807, 2.05) is 65.2 Å². The van der Waals surface area contributed by atoms with Crippen molar-refractivity contribution < 1.29 is 9.53 Å². The molecular weight excluding hydrogens is 378 g/mol. The largest absolute Gasteiger partial charge is 0.487 e. The highest BCUT2D eigenvalue weighted by Gasteiger charge is 2.27. The number of para-hydroxylation sites is 1. The van der Waals surface area contributed by atoms with Crippen LogP contribution in [0.3, 0.4) is 0 Å². The molecule has 156 valence electrons. The summed E-state index contributed by atoms with van der Waals surface area (Å²) in [7, 11) is 0. The van der Waals surface area contributed by atoms with E-state index in [0.717, 1.165) is 55.9 Å². The highest BCUT2D eigenvalue weighted by Crippen LogP contribution is 2.22. The van der Waals surface area contributed by atoms with Crippen molar-refractivity contribution in [1.82, 2.24) is 24.9 Å². The molecule has 0 radical (unpaired) electrons. The molecule has 3 heterocycles. The van der Waals surface area contributed by atoms with E-state index < -0.39 is 0 Å². The number of pyridine rings is 1. The molecule has 0 aliphatic carbocycles. The zero-order valence-corrected chi connectivity index (χ0v) is 17.3. The molecular formula is C23H27N5O2. The molecule has 1 saturated heterocycles. The Balaban J connectivity index is 1.33. The fraction of sp³-hybridized carbons (Fsp3) is 0.391. The fourth-order valence-corrected chi connectivity index (χ4v) is 3.80. The molecule has 30 heavy (non-hydrogen) atoms. The minimum Gasteiger partial charge on any atom is -0.487 e. The lowest BCUT2D eigenvalue weighted by molar-refractivity contribution is 0.0593. The first-order valence-electron chi connectivity index (χ1n) is 10.5. The van der Waals surface area contributed by atoms with Gasteiger partial charge in [0.1, 0.15) is 18.1 Å². The Hall–Kier alpha value is -3.22. The Kier molecular flexibility index (Phi) is 6.37. The lowest BCUT2D eigenvalue weighted by atomic mass is 9.98. The van der Waals surface area contributed by atoms with Crippen molar-refractivity contribution in [1.29, 1.82) is 0 Å². The monoisotopic (exact) mass is 405 g/mol. The maximum atomic E-state index is 13.0. The summed E-state index contributed by atoms with van der Waals surface area (Å²) in [5, 5.41) is 8.43. The SMILES string of the molecule is Cc1ccc(C(=O)N2CCCCC2CCn2cc(COc3ccccc3)nn2)cn1. The third-order valence-corrected chi connectivity index (χ3v) is 5.45. The summed E-state index contributed by atoms with van der Waals surface area (Å²) in [5.41, 5.74) is 2.37. The Labute approximate surface area is 176 Å². The predicted octanol–water partition coefficient (Wildman–Crippen LogP) is 3.65. The van der Waals surface area contributed by atoms with Crippen molar-refractivity contribution in [2.75, 3.05) is 6.54 Å². The Bertz CT molecular complexity index is 955. The molecule has 1 aliphatic rings. The van der Waals surface area contributed by atoms with Gasteiger partial charge in [0.05, 0.1) is 11.8 Å². The van der Waals surface area contributed by atoms with E-state index in [4.69, 9.17) is 4.74 Å². The summed E-state index contributed by atoms with van der Waals surface area (Å²) < 4.78 is 7.57. The standard InChI is InChI=1S/C23H27N5O2/c1-18-10-11-19(15-24-18)23(29)28-13-6-5-7-21(28)12-14-27-16-20(25-26-27)17-30-22-8-3-2-4-9-22/h2-4,8-11,15-16,21H,5-7,12-14,17H2,1H3. The molecule has 0 bridgehead atoms. The zero-order valence-electron chi connectivity index (χ0n) is 17.3. The molecule has 1 atom stereocenters. The average molecular weight is 406 g/mol. The van der Waals surface area contributed by atoms with Gasteiger partial charge in [0, 0.05) is 31.0 Å². The number of carbonyl (C=O) groups is 1. The van der Waals surface area contributed by atoms with E-state index in [1.165, 1.54) is 0 Å². The second-order valence-electron chi connectivity index (χ2n) is 7.70. The number of hydrogen-bond acceptors (Lipinski definition) is 5. The summed E-state index contributed by atoms with van der Waals surface area (Å²) in [5.74, 6) is 0.886. The van der Waals surface area contributed by atoms with Crippen molar-refractivity contribution in [2.45, 2.75) is 51.8 Å². The molecule has 0 saturated carbocycles. The van der Waals surface area contributed by atoms with E-state index in [-0.39, 0.29) is 11.9 Å². The summed E-state index contributed by atoms with van der Waals surface area (Å²) >= 11 is 0. The average Bonchev–Trinajstić information content (AvgIpc) is 3.25. The number of piperidine rings is 1. The number of likely N-dealkylation sites (tertiary alicyclic amines) is 1. The van der Waals surface area contributed by atoms with Gasteiger partial charge in [0.2, 0.25) is 0 Å². The summed E-state index contributed by atoms with van der Waals surface area (Å²) in [6.07, 6.45) is 7.67. The number of amides is 1. The topological polar surface area (TPSA) is 73.1 Å². The molecule has 2 aromatic heterocycles. The summed E-state index contributed by atoms with van der Waals surface area (Å²) in [6, 6.07) is 13.6. The molecule has 1 fully saturated rings. The molecule has 4 rings (SSSR count). The van der Waals surface area contributed by atoms with Gasteiger partial charge in [-0.25, -0.2) is 0 Å². The Morgan fingerprint density at radius 1 is 1.17 bits per heavy atom. The van der Waals surface area contributed by atoms with E-state index in [1.54, 1.807) is 6.20 Å². The quantitative estimate of drug-likeness (QED) is 0.600. The molecule has 7 heteroatoms. The van der Waals surface area contributed by atoms with Crippen LogP contribution in [0.15, 0.2) is 54.9 Å². The van der Waals surface area contributed by atoms with Crippen LogP contribution in [0.5, 0.6) is 5.75 Å². The number of benzene rings is 1. The van der Waals surface area contributed by atoms with Crippen LogP contribution in [0.2, 0.25) is 0 Å². The van der Waals surface area contributed by atoms with E-state index >= 15 is 0 Å². The van der Waals surface area contributed by atoms with Crippen LogP contribution in [0.4, 0.5) is 0 Å². The lowest BCUT2D eigenvalue weighted by Gasteiger charge is -2.36. The Morgan fingerprint density at radius 2 is 2.03 bits per heavy atom. The van der Waals surface area contributed by atoms with Crippen LogP contribution >= 0.6 is 0 Å². The summed E-state index contributed by atoms with van der Waals surface area (Å²) in [4.78, 5) is 19.3. The van der Waals surface area contributed by atoms with Crippen LogP contribution in [-0.4, -0.2) is 43.4 Å². The zero-order chi connectivity index (χ0) is 20.8. The minimum atomic E-state index is 0.0720. The number of ether oxygens (including phenoxy) is 1. The third kappa shape index (κ3) is 5.03. The molecule has 7 nitrogen and oxygen atoms in total. The maximum Gasteiger partial charge on any atom is 0.255 e. The smallest absolute Gasteiger partial charge is 0.255 e. The van der Waals surface area contributed by atoms with Crippen LogP contribution in [-0.2, 0) is 13.2 Å². The second-order valence-corrected chi connectivity index (χ2v) is 7.70. The van der Waals surface area contributed by atoms with Gasteiger partial charge in [-0.2, -0.15) is 0 Å². The molecule has 1 aromatic carbocycles. The molecule has 0 N–H and O–H groups in total. The third-order valence-electron chi connectivity index (χ3n) is 5.45. The fourth-order valence-electron chi connectivity index (χ4n) is 3.80. The highest BCUT2D eigenvalue weighted by molar-refractivity contribution is 5.94. The van der Waals surface area contributed by atoms with Gasteiger partial charge in [0.15, 0.2) is 0 Å². The van der Waals surface area contributed by atoms with Crippen molar-refractivity contribution in [2.24, 2.45) is 0 Å². The predicted molar refractivity (Wildman–Crippen MR) is 113 cm³/mol. The second kappa shape index (κ2) is 9.52. The van der Waals surface area contributed by atoms with Crippen LogP contribution in [0, 0.1) is 6.92 Å². The number of nitrogens with zero attached hydrogens (tertiary/aromatic N) is 5. The highest BCUT2D eigenvalue weighted by atomic mass is 16.5. The van der Waals surface area contributed by atoms with Crippen LogP contribution in [0.1, 0.15) is 47.4 Å². The normalized spacial score (nSPS) is 16.4. The molecule has 1 amide bonds. The number of hydrogen-bond donors (Lipinski definition) is 0. The molecule has 1 unspecified atom stereocenters. The van der Waals surface area contributed by atoms with Crippen molar-refractivity contribution in [3.05, 3.63) is 71.8 Å². The van der Waals surface area contributed by atoms with Crippen LogP contribution in [0.25, 0.3) is 0 Å². The van der Waals surface area contributed by atoms with Crippen molar-refractivity contribution in [3.8, 4) is 5.75 Å². The number of aryl methyl sites for hydroxylation is 2. The first kappa shape index (κ1) is 20.1. The van der Waals surface area contributed by atoms with Gasteiger partial charge in [-0.3, -0.25) is 14.5 Å². The van der Waals surface area contributed by atoms with E-state index in [0.29, 0.717) is 12.2 Å². The first-order valence-corrected chi connectivity index (χ1v) is 10.5. The molecule has 3 aromatic rings. The maximum absolute atomic E-state index is 13.0. The summed E-state index contributed by atoms with van der Waals surface area (Å²) in [6.45, 7) is 3.83. The van der Waals surface area contributed by atoms with Gasteiger partial charge in [-0.15, -0.1) is 5.10 Å². The first-order chi connectivity index (χ1) is 14.7. The van der Waals surface area contributed by atoms with Gasteiger partial charge >= 0.3 is 0 Å². The number of carbonyl (C=O) groups excluding carboxylic acids is 1. The number of aromatic nitrogens is 4. The van der Waals surface area contributed by atoms with Crippen molar-refractivity contribution >= 4 is 5.91 Å².